The van der Waals surface area contributed by atoms with Crippen LogP contribution in [-0.4, -0.2) is 17.0 Å². The first-order valence-corrected chi connectivity index (χ1v) is 8.53. The molecule has 0 unspecified atom stereocenters. The summed E-state index contributed by atoms with van der Waals surface area (Å²) in [7, 11) is 0. The van der Waals surface area contributed by atoms with Gasteiger partial charge in [-0.05, 0) is 42.5 Å². The van der Waals surface area contributed by atoms with Crippen LogP contribution < -0.4 is 5.32 Å². The van der Waals surface area contributed by atoms with Gasteiger partial charge in [0.05, 0.1) is 5.56 Å². The third-order valence-electron chi connectivity index (χ3n) is 3.87. The number of carbonyl (C=O) groups excluding carboxylic acids is 1. The van der Waals surface area contributed by atoms with Gasteiger partial charge in [0, 0.05) is 11.0 Å². The van der Waals surface area contributed by atoms with Crippen molar-refractivity contribution in [3.8, 4) is 0 Å². The van der Waals surface area contributed by atoms with Crippen molar-refractivity contribution in [1.82, 2.24) is 0 Å². The van der Waals surface area contributed by atoms with Gasteiger partial charge in [-0.15, -0.1) is 11.3 Å². The summed E-state index contributed by atoms with van der Waals surface area (Å²) in [5, 5.41) is 12.3. The molecule has 1 aromatic carbocycles. The molecule has 1 heterocycles. The smallest absolute Gasteiger partial charge is 0.338 e. The summed E-state index contributed by atoms with van der Waals surface area (Å²) in [6, 6.07) is 8.00. The molecule has 1 amide bonds. The zero-order valence-electron chi connectivity index (χ0n) is 14.2. The molecule has 0 fully saturated rings. The molecular formula is C19H21NO3S. The molecule has 4 nitrogen and oxygen atoms in total. The maximum absolute atomic E-state index is 12.1. The standard InChI is InChI=1S/C19H21NO3S/c1-11(2)15-8-5-14(6-9-15)7-10-16(21)20-18-17(19(22)23)12(3)13(4)24-18/h5-11H,1-4H3,(H,20,21)(H,22,23)/b10-7+. The van der Waals surface area contributed by atoms with Gasteiger partial charge in [0.15, 0.2) is 0 Å². The zero-order chi connectivity index (χ0) is 17.9. The molecule has 5 heteroatoms. The summed E-state index contributed by atoms with van der Waals surface area (Å²) in [6.07, 6.45) is 3.13. The van der Waals surface area contributed by atoms with Crippen molar-refractivity contribution in [2.75, 3.05) is 5.32 Å². The molecule has 0 atom stereocenters. The zero-order valence-corrected chi connectivity index (χ0v) is 15.0. The Hall–Kier alpha value is -2.40. The van der Waals surface area contributed by atoms with Gasteiger partial charge in [-0.25, -0.2) is 4.79 Å². The number of carbonyl (C=O) groups is 2. The number of benzene rings is 1. The van der Waals surface area contributed by atoms with Crippen LogP contribution in [0.2, 0.25) is 0 Å². The summed E-state index contributed by atoms with van der Waals surface area (Å²) >= 11 is 1.28. The number of rotatable bonds is 5. The van der Waals surface area contributed by atoms with E-state index in [9.17, 15) is 14.7 Å². The minimum atomic E-state index is -1.03. The van der Waals surface area contributed by atoms with Crippen LogP contribution in [0.1, 0.15) is 51.7 Å². The average Bonchev–Trinajstić information content (AvgIpc) is 2.80. The Balaban J connectivity index is 2.11. The number of carboxylic acids is 1. The van der Waals surface area contributed by atoms with E-state index in [1.54, 1.807) is 13.0 Å². The second-order valence-electron chi connectivity index (χ2n) is 5.94. The molecule has 0 aliphatic rings. The lowest BCUT2D eigenvalue weighted by molar-refractivity contribution is -0.111. The average molecular weight is 343 g/mol. The number of hydrogen-bond donors (Lipinski definition) is 2. The quantitative estimate of drug-likeness (QED) is 0.764. The molecule has 2 aromatic rings. The highest BCUT2D eigenvalue weighted by Gasteiger charge is 2.19. The molecule has 0 saturated carbocycles. The van der Waals surface area contributed by atoms with Crippen molar-refractivity contribution in [3.05, 3.63) is 57.5 Å². The molecule has 0 aliphatic carbocycles. The Labute approximate surface area is 145 Å². The summed E-state index contributed by atoms with van der Waals surface area (Å²) in [4.78, 5) is 24.3. The van der Waals surface area contributed by atoms with Crippen LogP contribution >= 0.6 is 11.3 Å². The van der Waals surface area contributed by atoms with Gasteiger partial charge in [0.1, 0.15) is 5.00 Å². The first-order valence-electron chi connectivity index (χ1n) is 7.72. The lowest BCUT2D eigenvalue weighted by Crippen LogP contribution is -2.10. The molecule has 0 bridgehead atoms. The second kappa shape index (κ2) is 7.45. The number of aryl methyl sites for hydroxylation is 1. The highest BCUT2D eigenvalue weighted by molar-refractivity contribution is 7.16. The first-order chi connectivity index (χ1) is 11.3. The lowest BCUT2D eigenvalue weighted by Gasteiger charge is -2.04. The molecule has 0 radical (unpaired) electrons. The van der Waals surface area contributed by atoms with Crippen molar-refractivity contribution < 1.29 is 14.7 Å². The molecule has 126 valence electrons. The summed E-state index contributed by atoms with van der Waals surface area (Å²) < 4.78 is 0. The second-order valence-corrected chi connectivity index (χ2v) is 7.16. The first kappa shape index (κ1) is 17.9. The monoisotopic (exact) mass is 343 g/mol. The summed E-state index contributed by atoms with van der Waals surface area (Å²) in [5.41, 5.74) is 3.02. The minimum absolute atomic E-state index is 0.167. The SMILES string of the molecule is Cc1sc(NC(=O)/C=C/c2ccc(C(C)C)cc2)c(C(=O)O)c1C. The third kappa shape index (κ3) is 4.11. The maximum Gasteiger partial charge on any atom is 0.338 e. The summed E-state index contributed by atoms with van der Waals surface area (Å²) in [6.45, 7) is 7.85. The topological polar surface area (TPSA) is 66.4 Å². The summed E-state index contributed by atoms with van der Waals surface area (Å²) in [5.74, 6) is -0.904. The van der Waals surface area contributed by atoms with E-state index in [0.717, 1.165) is 10.4 Å². The van der Waals surface area contributed by atoms with Gasteiger partial charge in [-0.3, -0.25) is 4.79 Å². The number of carboxylic acid groups (broad SMARTS) is 1. The van der Waals surface area contributed by atoms with E-state index in [4.69, 9.17) is 0 Å². The van der Waals surface area contributed by atoms with Crippen LogP contribution in [0.4, 0.5) is 5.00 Å². The fraction of sp³-hybridized carbons (Fsp3) is 0.263. The molecule has 0 spiro atoms. The Bertz CT molecular complexity index is 786. The lowest BCUT2D eigenvalue weighted by atomic mass is 10.0. The van der Waals surface area contributed by atoms with Crippen molar-refractivity contribution >= 4 is 34.3 Å². The van der Waals surface area contributed by atoms with Crippen LogP contribution in [0.5, 0.6) is 0 Å². The van der Waals surface area contributed by atoms with Crippen LogP contribution in [0.3, 0.4) is 0 Å². The van der Waals surface area contributed by atoms with Gasteiger partial charge in [0.25, 0.3) is 0 Å². The predicted molar refractivity (Wildman–Crippen MR) is 98.9 cm³/mol. The van der Waals surface area contributed by atoms with Crippen LogP contribution in [0.25, 0.3) is 6.08 Å². The molecule has 2 rings (SSSR count). The largest absolute Gasteiger partial charge is 0.478 e. The Morgan fingerprint density at radius 2 is 1.79 bits per heavy atom. The van der Waals surface area contributed by atoms with E-state index in [1.807, 2.05) is 31.2 Å². The van der Waals surface area contributed by atoms with Crippen molar-refractivity contribution in [3.63, 3.8) is 0 Å². The van der Waals surface area contributed by atoms with Gasteiger partial charge in [-0.2, -0.15) is 0 Å². The van der Waals surface area contributed by atoms with E-state index in [2.05, 4.69) is 19.2 Å². The number of nitrogens with one attached hydrogen (secondary N) is 1. The van der Waals surface area contributed by atoms with Crippen LogP contribution in [-0.2, 0) is 4.79 Å². The molecule has 1 aromatic heterocycles. The Kier molecular flexibility index (Phi) is 5.57. The molecule has 0 aliphatic heterocycles. The van der Waals surface area contributed by atoms with Crippen LogP contribution in [0.15, 0.2) is 30.3 Å². The number of aromatic carboxylic acids is 1. The predicted octanol–water partition coefficient (Wildman–Crippen LogP) is 4.84. The number of anilines is 1. The molecule has 2 N–H and O–H groups in total. The number of hydrogen-bond acceptors (Lipinski definition) is 3. The Morgan fingerprint density at radius 3 is 2.33 bits per heavy atom. The fourth-order valence-electron chi connectivity index (χ4n) is 2.29. The normalized spacial score (nSPS) is 11.2. The van der Waals surface area contributed by atoms with E-state index in [1.165, 1.54) is 23.0 Å². The fourth-order valence-corrected chi connectivity index (χ4v) is 3.35. The van der Waals surface area contributed by atoms with E-state index >= 15 is 0 Å². The van der Waals surface area contributed by atoms with Gasteiger partial charge >= 0.3 is 5.97 Å². The molecule has 0 saturated heterocycles. The molecular weight excluding hydrogens is 322 g/mol. The van der Waals surface area contributed by atoms with Gasteiger partial charge in [-0.1, -0.05) is 38.1 Å². The highest BCUT2D eigenvalue weighted by atomic mass is 32.1. The Morgan fingerprint density at radius 1 is 1.17 bits per heavy atom. The number of thiophene rings is 1. The van der Waals surface area contributed by atoms with Crippen molar-refractivity contribution in [2.45, 2.75) is 33.6 Å². The highest BCUT2D eigenvalue weighted by Crippen LogP contribution is 2.32. The molecule has 24 heavy (non-hydrogen) atoms. The van der Waals surface area contributed by atoms with Crippen molar-refractivity contribution in [1.29, 1.82) is 0 Å². The van der Waals surface area contributed by atoms with E-state index in [-0.39, 0.29) is 11.5 Å². The minimum Gasteiger partial charge on any atom is -0.478 e. The third-order valence-corrected chi connectivity index (χ3v) is 4.99. The van der Waals surface area contributed by atoms with Crippen LogP contribution in [0, 0.1) is 13.8 Å². The van der Waals surface area contributed by atoms with Gasteiger partial charge in [0.2, 0.25) is 5.91 Å². The van der Waals surface area contributed by atoms with Gasteiger partial charge < -0.3 is 10.4 Å². The maximum atomic E-state index is 12.1. The number of amides is 1. The van der Waals surface area contributed by atoms with Crippen molar-refractivity contribution in [2.24, 2.45) is 0 Å². The van der Waals surface area contributed by atoms with E-state index in [0.29, 0.717) is 16.5 Å². The van der Waals surface area contributed by atoms with E-state index < -0.39 is 5.97 Å².